The molecule has 0 spiro atoms. The van der Waals surface area contributed by atoms with Gasteiger partial charge in [-0.1, -0.05) is 25.7 Å². The summed E-state index contributed by atoms with van der Waals surface area (Å²) in [5.74, 6) is 5.08. The summed E-state index contributed by atoms with van der Waals surface area (Å²) < 4.78 is 36.9. The Bertz CT molecular complexity index is 1070. The Morgan fingerprint density at radius 2 is 1.54 bits per heavy atom. The predicted octanol–water partition coefficient (Wildman–Crippen LogP) is 4.92. The van der Waals surface area contributed by atoms with Crippen molar-refractivity contribution >= 4 is 11.9 Å². The summed E-state index contributed by atoms with van der Waals surface area (Å²) in [7, 11) is 1.65. The molecule has 2 aromatic rings. The van der Waals surface area contributed by atoms with Crippen LogP contribution < -0.4 is 4.74 Å². The number of aliphatic carboxylic acids is 1. The highest BCUT2D eigenvalue weighted by molar-refractivity contribution is 5.94. The largest absolute Gasteiger partial charge is 0.497 e. The monoisotopic (exact) mass is 518 g/mol. The van der Waals surface area contributed by atoms with Crippen molar-refractivity contribution in [1.82, 2.24) is 9.80 Å². The van der Waals surface area contributed by atoms with Gasteiger partial charge in [-0.05, 0) is 80.4 Å². The van der Waals surface area contributed by atoms with E-state index >= 15 is 0 Å². The van der Waals surface area contributed by atoms with Gasteiger partial charge < -0.3 is 19.6 Å². The number of carbonyl (C=O) groups is 2. The maximum atomic E-state index is 13.0. The average Bonchev–Trinajstić information content (AvgIpc) is 2.90. The van der Waals surface area contributed by atoms with Crippen molar-refractivity contribution in [3.8, 4) is 17.6 Å². The second-order valence-corrected chi connectivity index (χ2v) is 8.60. The molecule has 1 amide bonds. The van der Waals surface area contributed by atoms with Crippen LogP contribution in [0.3, 0.4) is 0 Å². The summed E-state index contributed by atoms with van der Waals surface area (Å²) in [4.78, 5) is 26.4. The number of piperidine rings is 1. The molecule has 1 atom stereocenters. The van der Waals surface area contributed by atoms with E-state index in [-0.39, 0.29) is 5.91 Å². The van der Waals surface area contributed by atoms with E-state index in [0.29, 0.717) is 5.92 Å². The molecule has 0 saturated carbocycles. The smallest absolute Gasteiger partial charge is 0.490 e. The minimum atomic E-state index is -5.08. The van der Waals surface area contributed by atoms with Gasteiger partial charge in [0.2, 0.25) is 0 Å². The summed E-state index contributed by atoms with van der Waals surface area (Å²) in [6.45, 7) is 9.33. The summed E-state index contributed by atoms with van der Waals surface area (Å²) in [5, 5.41) is 7.12. The fourth-order valence-corrected chi connectivity index (χ4v) is 3.94. The van der Waals surface area contributed by atoms with E-state index in [9.17, 15) is 18.0 Å². The molecule has 0 bridgehead atoms. The van der Waals surface area contributed by atoms with Crippen LogP contribution in [-0.2, 0) is 4.79 Å². The van der Waals surface area contributed by atoms with Gasteiger partial charge in [0, 0.05) is 36.3 Å². The van der Waals surface area contributed by atoms with Crippen molar-refractivity contribution in [1.29, 1.82) is 0 Å². The van der Waals surface area contributed by atoms with E-state index in [1.54, 1.807) is 7.11 Å². The van der Waals surface area contributed by atoms with Crippen molar-refractivity contribution < 1.29 is 32.6 Å². The molecule has 0 aromatic heterocycles. The number of likely N-dealkylation sites (tertiary alicyclic amines) is 1. The van der Waals surface area contributed by atoms with Crippen LogP contribution in [0.5, 0.6) is 5.75 Å². The van der Waals surface area contributed by atoms with E-state index in [1.807, 2.05) is 53.4 Å². The van der Waals surface area contributed by atoms with Crippen molar-refractivity contribution in [3.05, 3.63) is 65.2 Å². The second-order valence-electron chi connectivity index (χ2n) is 8.60. The number of nitrogens with zero attached hydrogens (tertiary/aromatic N) is 2. The number of hydrogen-bond donors (Lipinski definition) is 1. The van der Waals surface area contributed by atoms with Gasteiger partial charge in [0.15, 0.2) is 0 Å². The molecule has 1 N–H and O–H groups in total. The van der Waals surface area contributed by atoms with Gasteiger partial charge in [-0.15, -0.1) is 0 Å². The van der Waals surface area contributed by atoms with Crippen molar-refractivity contribution in [3.63, 3.8) is 0 Å². The van der Waals surface area contributed by atoms with Gasteiger partial charge in [-0.25, -0.2) is 4.79 Å². The Hall–Kier alpha value is -3.51. The Morgan fingerprint density at radius 3 is 2.00 bits per heavy atom. The third kappa shape index (κ3) is 9.81. The number of rotatable bonds is 6. The number of carbonyl (C=O) groups excluding carboxylic acids is 1. The lowest BCUT2D eigenvalue weighted by molar-refractivity contribution is -0.192. The maximum absolute atomic E-state index is 13.0. The minimum absolute atomic E-state index is 0.133. The SMILES string of the molecule is CCN(CC)CC1CCCN(C(=O)c2ccc(C#Cc3ccc(OC)cc3)cc2)C1.O=C(O)C(F)(F)F. The number of carboxylic acids is 1. The lowest BCUT2D eigenvalue weighted by Crippen LogP contribution is -2.43. The molecule has 2 aromatic carbocycles. The first-order valence-electron chi connectivity index (χ1n) is 12.1. The maximum Gasteiger partial charge on any atom is 0.490 e. The van der Waals surface area contributed by atoms with E-state index < -0.39 is 12.1 Å². The number of hydrogen-bond acceptors (Lipinski definition) is 4. The molecule has 1 saturated heterocycles. The summed E-state index contributed by atoms with van der Waals surface area (Å²) >= 11 is 0. The molecule has 0 aliphatic carbocycles. The van der Waals surface area contributed by atoms with Gasteiger partial charge in [-0.2, -0.15) is 13.2 Å². The van der Waals surface area contributed by atoms with Crippen LogP contribution in [0, 0.1) is 17.8 Å². The van der Waals surface area contributed by atoms with Crippen molar-refractivity contribution in [2.24, 2.45) is 5.92 Å². The van der Waals surface area contributed by atoms with Crippen LogP contribution in [0.2, 0.25) is 0 Å². The minimum Gasteiger partial charge on any atom is -0.497 e. The first kappa shape index (κ1) is 29.7. The fraction of sp³-hybridized carbons (Fsp3) is 0.429. The number of halogens is 3. The Morgan fingerprint density at radius 1 is 1.03 bits per heavy atom. The van der Waals surface area contributed by atoms with Crippen LogP contribution in [0.25, 0.3) is 0 Å². The molecule has 1 unspecified atom stereocenters. The standard InChI is InChI=1S/C26H32N2O2.C2HF3O2/c1-4-27(5-2)19-23-7-6-18-28(20-23)26(29)24-14-10-21(11-15-24)8-9-22-12-16-25(30-3)17-13-22;3-2(4,5)1(6)7/h10-17,23H,4-7,18-20H2,1-3H3;(H,6,7). The van der Waals surface area contributed by atoms with E-state index in [2.05, 4.69) is 30.6 Å². The zero-order chi connectivity index (χ0) is 27.4. The molecule has 0 radical (unpaired) electrons. The highest BCUT2D eigenvalue weighted by Gasteiger charge is 2.38. The summed E-state index contributed by atoms with van der Waals surface area (Å²) in [5.41, 5.74) is 2.58. The number of methoxy groups -OCH3 is 1. The van der Waals surface area contributed by atoms with E-state index in [4.69, 9.17) is 14.6 Å². The van der Waals surface area contributed by atoms with Gasteiger partial charge in [-0.3, -0.25) is 4.79 Å². The van der Waals surface area contributed by atoms with Gasteiger partial charge in [0.05, 0.1) is 7.11 Å². The van der Waals surface area contributed by atoms with Gasteiger partial charge >= 0.3 is 12.1 Å². The van der Waals surface area contributed by atoms with Gasteiger partial charge in [0.1, 0.15) is 5.75 Å². The lowest BCUT2D eigenvalue weighted by atomic mass is 9.96. The lowest BCUT2D eigenvalue weighted by Gasteiger charge is -2.35. The first-order chi connectivity index (χ1) is 17.6. The average molecular weight is 519 g/mol. The normalized spacial score (nSPS) is 15.2. The Kier molecular flexibility index (Phi) is 11.5. The quantitative estimate of drug-likeness (QED) is 0.550. The molecule has 1 aliphatic rings. The van der Waals surface area contributed by atoms with E-state index in [1.165, 1.54) is 6.42 Å². The van der Waals surface area contributed by atoms with E-state index in [0.717, 1.165) is 61.6 Å². The molecule has 1 fully saturated rings. The zero-order valence-corrected chi connectivity index (χ0v) is 21.3. The molecule has 3 rings (SSSR count). The van der Waals surface area contributed by atoms with Crippen LogP contribution in [0.4, 0.5) is 13.2 Å². The number of amides is 1. The first-order valence-corrected chi connectivity index (χ1v) is 12.1. The molecule has 37 heavy (non-hydrogen) atoms. The molecule has 200 valence electrons. The van der Waals surface area contributed by atoms with Crippen LogP contribution in [0.15, 0.2) is 48.5 Å². The van der Waals surface area contributed by atoms with Gasteiger partial charge in [0.25, 0.3) is 5.91 Å². The highest BCUT2D eigenvalue weighted by atomic mass is 19.4. The number of ether oxygens (including phenoxy) is 1. The topological polar surface area (TPSA) is 70.1 Å². The third-order valence-corrected chi connectivity index (χ3v) is 6.03. The Labute approximate surface area is 216 Å². The van der Waals surface area contributed by atoms with Crippen LogP contribution in [-0.4, -0.2) is 72.8 Å². The van der Waals surface area contributed by atoms with Crippen LogP contribution >= 0.6 is 0 Å². The molecular formula is C28H33F3N2O4. The van der Waals surface area contributed by atoms with Crippen LogP contribution in [0.1, 0.15) is 48.2 Å². The van der Waals surface area contributed by atoms with Crippen molar-refractivity contribution in [2.45, 2.75) is 32.9 Å². The highest BCUT2D eigenvalue weighted by Crippen LogP contribution is 2.20. The number of carboxylic acid groups (broad SMARTS) is 1. The number of alkyl halides is 3. The zero-order valence-electron chi connectivity index (χ0n) is 21.3. The summed E-state index contributed by atoms with van der Waals surface area (Å²) in [6.07, 6.45) is -2.79. The molecule has 9 heteroatoms. The van der Waals surface area contributed by atoms with Crippen molar-refractivity contribution in [2.75, 3.05) is 39.8 Å². The third-order valence-electron chi connectivity index (χ3n) is 6.03. The molecule has 6 nitrogen and oxygen atoms in total. The second kappa shape index (κ2) is 14.3. The number of benzene rings is 2. The molecule has 1 heterocycles. The molecular weight excluding hydrogens is 485 g/mol. The fourth-order valence-electron chi connectivity index (χ4n) is 3.94. The predicted molar refractivity (Wildman–Crippen MR) is 136 cm³/mol. The Balaban J connectivity index is 0.000000604. The molecule has 1 aliphatic heterocycles. The summed E-state index contributed by atoms with van der Waals surface area (Å²) in [6, 6.07) is 15.3.